The van der Waals surface area contributed by atoms with Gasteiger partial charge in [0.1, 0.15) is 0 Å². The summed E-state index contributed by atoms with van der Waals surface area (Å²) in [6, 6.07) is 13.3. The molecule has 0 radical (unpaired) electrons. The lowest BCUT2D eigenvalue weighted by Crippen LogP contribution is -2.47. The SMILES string of the molecule is CN1C2CCC1CC(C(C#N)NC(CO)c1ccccc1)C2. The summed E-state index contributed by atoms with van der Waals surface area (Å²) in [4.78, 5) is 2.49. The summed E-state index contributed by atoms with van der Waals surface area (Å²) in [5.41, 5.74) is 1.04. The standard InChI is InChI=1S/C18H25N3O/c1-21-15-7-8-16(21)10-14(9-15)17(11-19)20-18(12-22)13-5-3-2-4-6-13/h2-6,14-18,20,22H,7-10,12H2,1H3. The molecule has 2 aliphatic rings. The smallest absolute Gasteiger partial charge is 0.0988 e. The van der Waals surface area contributed by atoms with Gasteiger partial charge < -0.3 is 10.0 Å². The Morgan fingerprint density at radius 1 is 1.27 bits per heavy atom. The van der Waals surface area contributed by atoms with Gasteiger partial charge in [0.15, 0.2) is 0 Å². The number of fused-ring (bicyclic) bond motifs is 2. The molecule has 0 aromatic heterocycles. The molecule has 2 fully saturated rings. The third-order valence-electron chi connectivity index (χ3n) is 5.51. The van der Waals surface area contributed by atoms with Crippen LogP contribution in [-0.2, 0) is 0 Å². The summed E-state index contributed by atoms with van der Waals surface area (Å²) < 4.78 is 0. The van der Waals surface area contributed by atoms with E-state index in [0.29, 0.717) is 18.0 Å². The summed E-state index contributed by atoms with van der Waals surface area (Å²) in [5, 5.41) is 22.7. The van der Waals surface area contributed by atoms with Crippen LogP contribution in [0.4, 0.5) is 0 Å². The maximum Gasteiger partial charge on any atom is 0.0988 e. The molecular formula is C18H25N3O. The zero-order chi connectivity index (χ0) is 15.5. The van der Waals surface area contributed by atoms with E-state index in [1.807, 2.05) is 30.3 Å². The Morgan fingerprint density at radius 2 is 1.91 bits per heavy atom. The summed E-state index contributed by atoms with van der Waals surface area (Å²) in [6.07, 6.45) is 4.70. The number of rotatable bonds is 5. The van der Waals surface area contributed by atoms with Crippen molar-refractivity contribution in [3.05, 3.63) is 35.9 Å². The van der Waals surface area contributed by atoms with Crippen LogP contribution in [0.15, 0.2) is 30.3 Å². The Hall–Kier alpha value is -1.41. The average molecular weight is 299 g/mol. The van der Waals surface area contributed by atoms with Gasteiger partial charge in [-0.25, -0.2) is 0 Å². The first kappa shape index (κ1) is 15.5. The van der Waals surface area contributed by atoms with Crippen LogP contribution < -0.4 is 5.32 Å². The van der Waals surface area contributed by atoms with E-state index in [-0.39, 0.29) is 18.7 Å². The van der Waals surface area contributed by atoms with E-state index in [0.717, 1.165) is 18.4 Å². The first-order chi connectivity index (χ1) is 10.7. The van der Waals surface area contributed by atoms with E-state index >= 15 is 0 Å². The number of hydrogen-bond donors (Lipinski definition) is 2. The number of piperidine rings is 1. The minimum absolute atomic E-state index is 0.0155. The topological polar surface area (TPSA) is 59.3 Å². The zero-order valence-electron chi connectivity index (χ0n) is 13.2. The number of hydrogen-bond acceptors (Lipinski definition) is 4. The molecule has 2 aliphatic heterocycles. The van der Waals surface area contributed by atoms with Gasteiger partial charge in [-0.1, -0.05) is 30.3 Å². The number of aliphatic hydroxyl groups is 1. The molecule has 2 saturated heterocycles. The first-order valence-electron chi connectivity index (χ1n) is 8.26. The van der Waals surface area contributed by atoms with Crippen molar-refractivity contribution >= 4 is 0 Å². The molecule has 1 aromatic rings. The van der Waals surface area contributed by atoms with Crippen LogP contribution >= 0.6 is 0 Å². The Morgan fingerprint density at radius 3 is 2.45 bits per heavy atom. The van der Waals surface area contributed by atoms with Crippen LogP contribution in [0.5, 0.6) is 0 Å². The molecule has 4 heteroatoms. The number of aliphatic hydroxyl groups excluding tert-OH is 1. The van der Waals surface area contributed by atoms with Gasteiger partial charge >= 0.3 is 0 Å². The van der Waals surface area contributed by atoms with Crippen LogP contribution in [0.2, 0.25) is 0 Å². The lowest BCUT2D eigenvalue weighted by atomic mass is 9.85. The summed E-state index contributed by atoms with van der Waals surface area (Å²) in [6.45, 7) is 0.0155. The minimum atomic E-state index is -0.186. The van der Waals surface area contributed by atoms with E-state index < -0.39 is 0 Å². The highest BCUT2D eigenvalue weighted by molar-refractivity contribution is 5.20. The minimum Gasteiger partial charge on any atom is -0.394 e. The van der Waals surface area contributed by atoms with Gasteiger partial charge in [0, 0.05) is 12.1 Å². The van der Waals surface area contributed by atoms with Gasteiger partial charge in [-0.15, -0.1) is 0 Å². The molecule has 0 amide bonds. The van der Waals surface area contributed by atoms with Crippen LogP contribution in [0.3, 0.4) is 0 Å². The fraction of sp³-hybridized carbons (Fsp3) is 0.611. The number of benzene rings is 1. The molecule has 3 rings (SSSR count). The molecule has 4 atom stereocenters. The van der Waals surface area contributed by atoms with Gasteiger partial charge in [0.25, 0.3) is 0 Å². The van der Waals surface area contributed by atoms with Crippen molar-refractivity contribution in [1.82, 2.24) is 10.2 Å². The molecule has 0 saturated carbocycles. The number of nitriles is 1. The monoisotopic (exact) mass is 299 g/mol. The predicted molar refractivity (Wildman–Crippen MR) is 86.1 cm³/mol. The van der Waals surface area contributed by atoms with Gasteiger partial charge in [-0.3, -0.25) is 5.32 Å². The molecule has 1 aromatic carbocycles. The van der Waals surface area contributed by atoms with Gasteiger partial charge in [-0.05, 0) is 44.2 Å². The lowest BCUT2D eigenvalue weighted by Gasteiger charge is -2.39. The maximum absolute atomic E-state index is 9.70. The highest BCUT2D eigenvalue weighted by Gasteiger charge is 2.41. The van der Waals surface area contributed by atoms with Gasteiger partial charge in [-0.2, -0.15) is 5.26 Å². The highest BCUT2D eigenvalue weighted by Crippen LogP contribution is 2.39. The van der Waals surface area contributed by atoms with Crippen molar-refractivity contribution in [3.63, 3.8) is 0 Å². The molecule has 2 heterocycles. The average Bonchev–Trinajstić information content (AvgIpc) is 2.78. The Balaban J connectivity index is 1.68. The van der Waals surface area contributed by atoms with Crippen LogP contribution in [0.1, 0.15) is 37.3 Å². The highest BCUT2D eigenvalue weighted by atomic mass is 16.3. The Kier molecular flexibility index (Phi) is 4.77. The number of nitrogens with zero attached hydrogens (tertiary/aromatic N) is 2. The molecule has 4 unspecified atom stereocenters. The Bertz CT molecular complexity index is 513. The molecule has 0 aliphatic carbocycles. The Labute approximate surface area is 132 Å². The second-order valence-corrected chi connectivity index (χ2v) is 6.70. The molecule has 22 heavy (non-hydrogen) atoms. The van der Waals surface area contributed by atoms with E-state index in [4.69, 9.17) is 0 Å². The van der Waals surface area contributed by atoms with Crippen LogP contribution in [-0.4, -0.2) is 41.8 Å². The fourth-order valence-corrected chi connectivity index (χ4v) is 4.16. The van der Waals surface area contributed by atoms with Crippen molar-refractivity contribution < 1.29 is 5.11 Å². The second kappa shape index (κ2) is 6.78. The quantitative estimate of drug-likeness (QED) is 0.874. The molecule has 2 bridgehead atoms. The maximum atomic E-state index is 9.70. The second-order valence-electron chi connectivity index (χ2n) is 6.70. The van der Waals surface area contributed by atoms with Crippen LogP contribution in [0, 0.1) is 17.2 Å². The fourth-order valence-electron chi connectivity index (χ4n) is 4.16. The molecule has 0 spiro atoms. The predicted octanol–water partition coefficient (Wildman–Crippen LogP) is 2.07. The van der Waals surface area contributed by atoms with E-state index in [1.54, 1.807) is 0 Å². The van der Waals surface area contributed by atoms with E-state index in [2.05, 4.69) is 23.3 Å². The largest absolute Gasteiger partial charge is 0.394 e. The van der Waals surface area contributed by atoms with Crippen molar-refractivity contribution in [2.75, 3.05) is 13.7 Å². The van der Waals surface area contributed by atoms with E-state index in [9.17, 15) is 10.4 Å². The molecule has 2 N–H and O–H groups in total. The van der Waals surface area contributed by atoms with E-state index in [1.165, 1.54) is 12.8 Å². The number of nitrogens with one attached hydrogen (secondary N) is 1. The third kappa shape index (κ3) is 3.03. The van der Waals surface area contributed by atoms with Gasteiger partial charge in [0.05, 0.1) is 24.8 Å². The van der Waals surface area contributed by atoms with Gasteiger partial charge in [0.2, 0.25) is 0 Å². The van der Waals surface area contributed by atoms with Crippen molar-refractivity contribution in [2.24, 2.45) is 5.92 Å². The zero-order valence-corrected chi connectivity index (χ0v) is 13.2. The van der Waals surface area contributed by atoms with Crippen molar-refractivity contribution in [1.29, 1.82) is 5.26 Å². The van der Waals surface area contributed by atoms with Crippen molar-refractivity contribution in [3.8, 4) is 6.07 Å². The van der Waals surface area contributed by atoms with Crippen molar-refractivity contribution in [2.45, 2.75) is 49.9 Å². The normalized spacial score (nSPS) is 30.7. The molecule has 4 nitrogen and oxygen atoms in total. The third-order valence-corrected chi connectivity index (χ3v) is 5.51. The molecule has 118 valence electrons. The summed E-state index contributed by atoms with van der Waals surface area (Å²) in [5.74, 6) is 0.386. The summed E-state index contributed by atoms with van der Waals surface area (Å²) >= 11 is 0. The van der Waals surface area contributed by atoms with Crippen LogP contribution in [0.25, 0.3) is 0 Å². The first-order valence-corrected chi connectivity index (χ1v) is 8.26. The summed E-state index contributed by atoms with van der Waals surface area (Å²) in [7, 11) is 2.22. The molecular weight excluding hydrogens is 274 g/mol. The lowest BCUT2D eigenvalue weighted by molar-refractivity contribution is 0.116.